The Hall–Kier alpha value is -2.08. The number of ether oxygens (including phenoxy) is 3. The minimum Gasteiger partial charge on any atom is -0.461 e. The van der Waals surface area contributed by atoms with Gasteiger partial charge in [0.25, 0.3) is 0 Å². The molecule has 0 N–H and O–H groups in total. The summed E-state index contributed by atoms with van der Waals surface area (Å²) in [5.74, 6) is -0.825. The highest BCUT2D eigenvalue weighted by atomic mass is 16.6. The molecule has 3 unspecified atom stereocenters. The molecule has 0 bridgehead atoms. The smallest absolute Gasteiger partial charge is 0.410 e. The number of amides is 1. The quantitative estimate of drug-likeness (QED) is 0.706. The fraction of sp³-hybridized carbons (Fsp3) is 0.619. The molecule has 6 heteroatoms. The maximum atomic E-state index is 12.5. The fourth-order valence-electron chi connectivity index (χ4n) is 3.37. The Morgan fingerprint density at radius 3 is 2.48 bits per heavy atom. The van der Waals surface area contributed by atoms with Crippen LogP contribution in [0.5, 0.6) is 0 Å². The molecule has 1 heterocycles. The highest BCUT2D eigenvalue weighted by molar-refractivity contribution is 5.73. The molecule has 0 radical (unpaired) electrons. The van der Waals surface area contributed by atoms with Gasteiger partial charge >= 0.3 is 12.1 Å². The predicted octanol–water partition coefficient (Wildman–Crippen LogP) is 3.78. The van der Waals surface area contributed by atoms with Gasteiger partial charge in [-0.25, -0.2) is 4.79 Å². The largest absolute Gasteiger partial charge is 0.461 e. The van der Waals surface area contributed by atoms with Crippen molar-refractivity contribution in [2.45, 2.75) is 64.9 Å². The van der Waals surface area contributed by atoms with Crippen molar-refractivity contribution in [1.29, 1.82) is 0 Å². The summed E-state index contributed by atoms with van der Waals surface area (Å²) >= 11 is 0. The summed E-state index contributed by atoms with van der Waals surface area (Å²) in [4.78, 5) is 26.7. The van der Waals surface area contributed by atoms with E-state index in [4.69, 9.17) is 14.2 Å². The molecule has 1 amide bonds. The molecule has 1 fully saturated rings. The number of rotatable bonds is 6. The summed E-state index contributed by atoms with van der Waals surface area (Å²) in [6.07, 6.45) is 0.823. The first kappa shape index (κ1) is 21.2. The predicted molar refractivity (Wildman–Crippen MR) is 102 cm³/mol. The maximum Gasteiger partial charge on any atom is 0.410 e. The van der Waals surface area contributed by atoms with E-state index in [-0.39, 0.29) is 24.7 Å². The molecule has 6 nitrogen and oxygen atoms in total. The lowest BCUT2D eigenvalue weighted by molar-refractivity contribution is -0.155. The van der Waals surface area contributed by atoms with Crippen LogP contribution in [0.15, 0.2) is 30.3 Å². The average molecular weight is 377 g/mol. The van der Waals surface area contributed by atoms with Crippen LogP contribution in [0.4, 0.5) is 4.79 Å². The Kier molecular flexibility index (Phi) is 7.25. The van der Waals surface area contributed by atoms with Gasteiger partial charge in [-0.1, -0.05) is 30.3 Å². The number of methoxy groups -OCH3 is 1. The molecule has 150 valence electrons. The van der Waals surface area contributed by atoms with Gasteiger partial charge in [0.2, 0.25) is 0 Å². The van der Waals surface area contributed by atoms with Crippen LogP contribution in [0.25, 0.3) is 0 Å². The average Bonchev–Trinajstić information content (AvgIpc) is 3.09. The maximum absolute atomic E-state index is 12.5. The van der Waals surface area contributed by atoms with E-state index in [0.717, 1.165) is 18.4 Å². The number of benzene rings is 1. The van der Waals surface area contributed by atoms with Crippen molar-refractivity contribution in [3.63, 3.8) is 0 Å². The number of hydrogen-bond acceptors (Lipinski definition) is 5. The van der Waals surface area contributed by atoms with Crippen molar-refractivity contribution >= 4 is 12.1 Å². The van der Waals surface area contributed by atoms with Gasteiger partial charge in [0.05, 0.1) is 18.1 Å². The number of hydrogen-bond donors (Lipinski definition) is 0. The third kappa shape index (κ3) is 5.96. The number of esters is 1. The van der Waals surface area contributed by atoms with Gasteiger partial charge in [-0.2, -0.15) is 0 Å². The van der Waals surface area contributed by atoms with Crippen molar-refractivity contribution in [3.05, 3.63) is 35.9 Å². The number of nitrogens with zero attached hydrogens (tertiary/aromatic N) is 1. The molecule has 0 aromatic heterocycles. The lowest BCUT2D eigenvalue weighted by Gasteiger charge is -2.34. The molecular weight excluding hydrogens is 346 g/mol. The topological polar surface area (TPSA) is 65.1 Å². The van der Waals surface area contributed by atoms with Gasteiger partial charge in [0.1, 0.15) is 12.2 Å². The molecular formula is C21H31NO5. The zero-order chi connectivity index (χ0) is 20.0. The molecule has 1 saturated heterocycles. The normalized spacial score (nSPS) is 19.4. The third-order valence-corrected chi connectivity index (χ3v) is 4.67. The van der Waals surface area contributed by atoms with Crippen LogP contribution >= 0.6 is 0 Å². The van der Waals surface area contributed by atoms with Gasteiger partial charge in [-0.05, 0) is 46.1 Å². The lowest BCUT2D eigenvalue weighted by atomic mass is 9.96. The van der Waals surface area contributed by atoms with Crippen LogP contribution in [-0.2, 0) is 25.6 Å². The summed E-state index contributed by atoms with van der Waals surface area (Å²) in [7, 11) is 1.57. The van der Waals surface area contributed by atoms with Crippen molar-refractivity contribution < 1.29 is 23.8 Å². The monoisotopic (exact) mass is 377 g/mol. The van der Waals surface area contributed by atoms with Gasteiger partial charge < -0.3 is 19.1 Å². The zero-order valence-electron chi connectivity index (χ0n) is 16.9. The van der Waals surface area contributed by atoms with E-state index < -0.39 is 17.6 Å². The summed E-state index contributed by atoms with van der Waals surface area (Å²) in [5, 5.41) is 0. The first-order valence-corrected chi connectivity index (χ1v) is 9.46. The molecule has 1 aromatic rings. The van der Waals surface area contributed by atoms with E-state index in [9.17, 15) is 9.59 Å². The minimum absolute atomic E-state index is 0.205. The number of carbonyl (C=O) groups excluding carboxylic acids is 2. The fourth-order valence-corrected chi connectivity index (χ4v) is 3.37. The molecule has 1 aromatic carbocycles. The van der Waals surface area contributed by atoms with Crippen LogP contribution < -0.4 is 0 Å². The van der Waals surface area contributed by atoms with Crippen molar-refractivity contribution in [1.82, 2.24) is 4.90 Å². The Balaban J connectivity index is 2.00. The zero-order valence-corrected chi connectivity index (χ0v) is 16.9. The van der Waals surface area contributed by atoms with Gasteiger partial charge in [-0.3, -0.25) is 4.79 Å². The Labute approximate surface area is 161 Å². The van der Waals surface area contributed by atoms with Crippen LogP contribution in [0.3, 0.4) is 0 Å². The van der Waals surface area contributed by atoms with Crippen LogP contribution in [0.1, 0.15) is 46.1 Å². The second-order valence-electron chi connectivity index (χ2n) is 7.97. The molecule has 0 saturated carbocycles. The van der Waals surface area contributed by atoms with Crippen LogP contribution in [0.2, 0.25) is 0 Å². The third-order valence-electron chi connectivity index (χ3n) is 4.67. The number of likely N-dealkylation sites (tertiary alicyclic amines) is 1. The standard InChI is InChI=1S/C21H31NO5/c1-15(19(23)26-14-16-10-7-6-8-11-16)18(25-5)17-12-9-13-22(17)20(24)27-21(2,3)4/h6-8,10-11,15,17-18H,9,12-14H2,1-5H3. The summed E-state index contributed by atoms with van der Waals surface area (Å²) in [6.45, 7) is 8.13. The van der Waals surface area contributed by atoms with Crippen molar-refractivity contribution in [3.8, 4) is 0 Å². The van der Waals surface area contributed by atoms with E-state index in [1.807, 2.05) is 51.1 Å². The minimum atomic E-state index is -0.562. The van der Waals surface area contributed by atoms with E-state index >= 15 is 0 Å². The Bertz CT molecular complexity index is 625. The first-order chi connectivity index (χ1) is 12.7. The van der Waals surface area contributed by atoms with Crippen molar-refractivity contribution in [2.75, 3.05) is 13.7 Å². The number of carbonyl (C=O) groups is 2. The summed E-state index contributed by atoms with van der Waals surface area (Å²) < 4.78 is 16.6. The van der Waals surface area contributed by atoms with E-state index in [0.29, 0.717) is 6.54 Å². The van der Waals surface area contributed by atoms with Gasteiger partial charge in [0.15, 0.2) is 0 Å². The second-order valence-corrected chi connectivity index (χ2v) is 7.97. The highest BCUT2D eigenvalue weighted by Crippen LogP contribution is 2.28. The molecule has 1 aliphatic rings. The molecule has 2 rings (SSSR count). The summed E-state index contributed by atoms with van der Waals surface area (Å²) in [5.41, 5.74) is 0.371. The van der Waals surface area contributed by atoms with Crippen LogP contribution in [0, 0.1) is 5.92 Å². The van der Waals surface area contributed by atoms with E-state index in [2.05, 4.69) is 0 Å². The molecule has 1 aliphatic heterocycles. The molecule has 27 heavy (non-hydrogen) atoms. The Morgan fingerprint density at radius 2 is 1.89 bits per heavy atom. The molecule has 0 aliphatic carbocycles. The Morgan fingerprint density at radius 1 is 1.22 bits per heavy atom. The molecule has 3 atom stereocenters. The van der Waals surface area contributed by atoms with Crippen molar-refractivity contribution in [2.24, 2.45) is 5.92 Å². The van der Waals surface area contributed by atoms with E-state index in [1.54, 1.807) is 18.9 Å². The lowest BCUT2D eigenvalue weighted by Crippen LogP contribution is -2.49. The summed E-state index contributed by atoms with van der Waals surface area (Å²) in [6, 6.07) is 9.34. The first-order valence-electron chi connectivity index (χ1n) is 9.46. The van der Waals surface area contributed by atoms with Gasteiger partial charge in [0, 0.05) is 13.7 Å². The SMILES string of the molecule is COC(C(C)C(=O)OCc1ccccc1)C1CCCN1C(=O)OC(C)(C)C. The van der Waals surface area contributed by atoms with Gasteiger partial charge in [-0.15, -0.1) is 0 Å². The van der Waals surface area contributed by atoms with E-state index in [1.165, 1.54) is 0 Å². The highest BCUT2D eigenvalue weighted by Gasteiger charge is 2.41. The molecule has 0 spiro atoms. The van der Waals surface area contributed by atoms with Crippen LogP contribution in [-0.4, -0.2) is 48.4 Å². The second kappa shape index (κ2) is 9.22.